The van der Waals surface area contributed by atoms with Crippen LogP contribution in [0.2, 0.25) is 0 Å². The Morgan fingerprint density at radius 3 is 1.70 bits per heavy atom. The molecule has 0 radical (unpaired) electrons. The molecule has 3 aromatic rings. The van der Waals surface area contributed by atoms with E-state index in [1.165, 1.54) is 14.7 Å². The van der Waals surface area contributed by atoms with Gasteiger partial charge in [-0.3, -0.25) is 14.1 Å². The van der Waals surface area contributed by atoms with Gasteiger partial charge in [0, 0.05) is 5.92 Å². The molecule has 7 nitrogen and oxygen atoms in total. The molecule has 2 bridgehead atoms. The molecule has 2 saturated carbocycles. The molecule has 3 aromatic carbocycles. The molecule has 6 unspecified atom stereocenters. The number of carbonyl (C=O) groups is 2. The zero-order valence-electron chi connectivity index (χ0n) is 22.6. The lowest BCUT2D eigenvalue weighted by Crippen LogP contribution is -2.53. The Morgan fingerprint density at radius 1 is 0.841 bits per heavy atom. The van der Waals surface area contributed by atoms with E-state index >= 15 is 0 Å². The lowest BCUT2D eigenvalue weighted by Gasteiger charge is -2.29. The first kappa shape index (κ1) is 31.9. The van der Waals surface area contributed by atoms with Crippen molar-refractivity contribution in [1.82, 2.24) is 0 Å². The number of fused-ring (bicyclic) bond motifs is 1. The standard InChI is InChI=1S/C18H15S.C12H11F5O7S/c1-4-10-16(11-5-1)19(17-12-6-2-7-13-17)18-14-8-3-9-15-18;13-11(14,15)10(12(16,17)25(20,21)22)24-8(18)6-3-1-4-5(2-3)23-9(19)7(4)6/h1-15H;3-7,10H,1-2H2,(H,20,21,22)/q+1;. The van der Waals surface area contributed by atoms with Crippen molar-refractivity contribution in [3.05, 3.63) is 91.0 Å². The molecule has 3 aliphatic rings. The number of halogens is 5. The van der Waals surface area contributed by atoms with Crippen molar-refractivity contribution in [2.45, 2.75) is 51.2 Å². The number of benzene rings is 3. The van der Waals surface area contributed by atoms with Gasteiger partial charge in [-0.2, -0.15) is 30.4 Å². The van der Waals surface area contributed by atoms with Crippen LogP contribution in [0, 0.1) is 23.7 Å². The normalized spacial score (nSPS) is 24.8. The molecule has 0 spiro atoms. The summed E-state index contributed by atoms with van der Waals surface area (Å²) >= 11 is 0. The lowest BCUT2D eigenvalue weighted by molar-refractivity contribution is -0.261. The molecule has 0 aromatic heterocycles. The maximum atomic E-state index is 13.5. The van der Waals surface area contributed by atoms with Gasteiger partial charge in [-0.05, 0) is 55.2 Å². The molecular formula is C30H26F5O7S2+. The third kappa shape index (κ3) is 6.20. The maximum absolute atomic E-state index is 13.5. The average Bonchev–Trinajstić information content (AvgIpc) is 3.60. The van der Waals surface area contributed by atoms with Crippen LogP contribution >= 0.6 is 0 Å². The van der Waals surface area contributed by atoms with Crippen molar-refractivity contribution in [3.8, 4) is 0 Å². The van der Waals surface area contributed by atoms with E-state index in [1.807, 2.05) is 0 Å². The SMILES string of the molecule is O=C(OC(C(F)(F)F)C(F)(F)S(=O)(=O)O)C1C2CC3OC(=O)C1C3C2.c1ccc([S+](c2ccccc2)c2ccccc2)cc1. The quantitative estimate of drug-likeness (QED) is 0.146. The van der Waals surface area contributed by atoms with E-state index in [0.717, 1.165) is 0 Å². The Morgan fingerprint density at radius 2 is 1.30 bits per heavy atom. The molecule has 1 aliphatic heterocycles. The van der Waals surface area contributed by atoms with Gasteiger partial charge in [0.15, 0.2) is 14.7 Å². The first-order valence-electron chi connectivity index (χ1n) is 13.4. The van der Waals surface area contributed by atoms with E-state index < -0.39 is 69.4 Å². The highest BCUT2D eigenvalue weighted by Gasteiger charge is 2.69. The second-order valence-electron chi connectivity index (χ2n) is 10.6. The molecule has 2 aliphatic carbocycles. The van der Waals surface area contributed by atoms with Crippen LogP contribution in [0.1, 0.15) is 12.8 Å². The van der Waals surface area contributed by atoms with Gasteiger partial charge in [-0.15, -0.1) is 0 Å². The second kappa shape index (κ2) is 12.1. The van der Waals surface area contributed by atoms with Gasteiger partial charge in [-0.25, -0.2) is 0 Å². The number of hydrogen-bond donors (Lipinski definition) is 1. The minimum Gasteiger partial charge on any atom is -0.462 e. The van der Waals surface area contributed by atoms with E-state index in [-0.39, 0.29) is 17.3 Å². The summed E-state index contributed by atoms with van der Waals surface area (Å²) in [7, 11) is -6.52. The van der Waals surface area contributed by atoms with Gasteiger partial charge in [0.25, 0.3) is 6.10 Å². The summed E-state index contributed by atoms with van der Waals surface area (Å²) in [6.45, 7) is 0. The number of alkyl halides is 5. The topological polar surface area (TPSA) is 107 Å². The zero-order valence-corrected chi connectivity index (χ0v) is 24.3. The minimum atomic E-state index is -6.51. The number of hydrogen-bond acceptors (Lipinski definition) is 6. The number of ether oxygens (including phenoxy) is 2. The lowest BCUT2D eigenvalue weighted by atomic mass is 9.80. The summed E-state index contributed by atoms with van der Waals surface area (Å²) < 4.78 is 104. The Hall–Kier alpha value is -3.49. The molecule has 44 heavy (non-hydrogen) atoms. The molecule has 0 amide bonds. The number of rotatable bonds is 7. The zero-order chi connectivity index (χ0) is 31.9. The molecule has 6 atom stereocenters. The molecule has 1 heterocycles. The largest absolute Gasteiger partial charge is 0.462 e. The first-order valence-corrected chi connectivity index (χ1v) is 16.1. The van der Waals surface area contributed by atoms with Crippen molar-refractivity contribution in [3.63, 3.8) is 0 Å². The molecule has 6 rings (SSSR count). The molecule has 234 valence electrons. The van der Waals surface area contributed by atoms with Crippen molar-refractivity contribution < 1.29 is 54.0 Å². The van der Waals surface area contributed by atoms with E-state index in [4.69, 9.17) is 9.29 Å². The fourth-order valence-electron chi connectivity index (χ4n) is 6.06. The van der Waals surface area contributed by atoms with Crippen molar-refractivity contribution in [1.29, 1.82) is 0 Å². The predicted octanol–water partition coefficient (Wildman–Crippen LogP) is 5.92. The Bertz CT molecular complexity index is 1490. The van der Waals surface area contributed by atoms with E-state index in [9.17, 15) is 40.0 Å². The molecule has 14 heteroatoms. The summed E-state index contributed by atoms with van der Waals surface area (Å²) in [6.07, 6.45) is -10.3. The Labute approximate surface area is 252 Å². The smallest absolute Gasteiger partial charge is 0.432 e. The van der Waals surface area contributed by atoms with Crippen molar-refractivity contribution in [2.75, 3.05) is 0 Å². The Balaban J connectivity index is 0.000000181. The monoisotopic (exact) mass is 657 g/mol. The highest BCUT2D eigenvalue weighted by Crippen LogP contribution is 2.58. The van der Waals surface area contributed by atoms with Gasteiger partial charge in [-0.1, -0.05) is 54.6 Å². The van der Waals surface area contributed by atoms with Gasteiger partial charge in [0.05, 0.1) is 22.7 Å². The van der Waals surface area contributed by atoms with Gasteiger partial charge >= 0.3 is 33.5 Å². The molecular weight excluding hydrogens is 631 g/mol. The van der Waals surface area contributed by atoms with Gasteiger partial charge in [0.2, 0.25) is 0 Å². The van der Waals surface area contributed by atoms with Crippen molar-refractivity contribution in [2.24, 2.45) is 23.7 Å². The van der Waals surface area contributed by atoms with Gasteiger partial charge < -0.3 is 9.47 Å². The van der Waals surface area contributed by atoms with E-state index in [1.54, 1.807) is 0 Å². The fourth-order valence-corrected chi connectivity index (χ4v) is 8.62. The molecule has 1 saturated heterocycles. The third-order valence-electron chi connectivity index (χ3n) is 7.87. The number of esters is 2. The van der Waals surface area contributed by atoms with Crippen LogP contribution in [0.3, 0.4) is 0 Å². The first-order chi connectivity index (χ1) is 20.7. The predicted molar refractivity (Wildman–Crippen MR) is 147 cm³/mol. The summed E-state index contributed by atoms with van der Waals surface area (Å²) in [5.74, 6) is -6.07. The molecule has 3 fully saturated rings. The third-order valence-corrected chi connectivity index (χ3v) is 11.0. The van der Waals surface area contributed by atoms with Crippen LogP contribution in [0.15, 0.2) is 106 Å². The van der Waals surface area contributed by atoms with Crippen LogP contribution in [-0.2, 0) is 40.1 Å². The highest BCUT2D eigenvalue weighted by molar-refractivity contribution is 7.97. The van der Waals surface area contributed by atoms with E-state index in [2.05, 4.69) is 95.7 Å². The van der Waals surface area contributed by atoms with Gasteiger partial charge in [0.1, 0.15) is 6.10 Å². The van der Waals surface area contributed by atoms with Crippen LogP contribution < -0.4 is 0 Å². The molecule has 1 N–H and O–H groups in total. The summed E-state index contributed by atoms with van der Waals surface area (Å²) in [5.41, 5.74) is 0. The van der Waals surface area contributed by atoms with Crippen LogP contribution in [-0.4, -0.2) is 48.5 Å². The Kier molecular flexibility index (Phi) is 8.80. The highest BCUT2D eigenvalue weighted by atomic mass is 32.2. The maximum Gasteiger partial charge on any atom is 0.432 e. The summed E-state index contributed by atoms with van der Waals surface area (Å²) in [4.78, 5) is 27.9. The summed E-state index contributed by atoms with van der Waals surface area (Å²) in [6, 6.07) is 32.2. The van der Waals surface area contributed by atoms with Crippen LogP contribution in [0.5, 0.6) is 0 Å². The number of carbonyl (C=O) groups excluding carboxylic acids is 2. The van der Waals surface area contributed by atoms with Crippen molar-refractivity contribution >= 4 is 33.0 Å². The fraction of sp³-hybridized carbons (Fsp3) is 0.333. The van der Waals surface area contributed by atoms with Crippen LogP contribution in [0.4, 0.5) is 22.0 Å². The summed E-state index contributed by atoms with van der Waals surface area (Å²) in [5, 5.41) is -5.79. The average molecular weight is 658 g/mol. The van der Waals surface area contributed by atoms with Crippen LogP contribution in [0.25, 0.3) is 0 Å². The van der Waals surface area contributed by atoms with E-state index in [0.29, 0.717) is 6.42 Å². The minimum absolute atomic E-state index is 0.0146. The second-order valence-corrected chi connectivity index (χ2v) is 14.1.